The Morgan fingerprint density at radius 3 is 2.32 bits per heavy atom. The summed E-state index contributed by atoms with van der Waals surface area (Å²) in [6, 6.07) is 0. The average molecular weight is 436 g/mol. The molecule has 1 aromatic rings. The van der Waals surface area contributed by atoms with Crippen LogP contribution in [-0.4, -0.2) is 60.9 Å². The Hall–Kier alpha value is -2.21. The molecule has 0 bridgehead atoms. The molecule has 0 saturated carbocycles. The van der Waals surface area contributed by atoms with Gasteiger partial charge in [-0.1, -0.05) is 5.16 Å². The zero-order valence-corrected chi connectivity index (χ0v) is 18.3. The van der Waals surface area contributed by atoms with Gasteiger partial charge in [0.25, 0.3) is 0 Å². The van der Waals surface area contributed by atoms with Gasteiger partial charge in [0.1, 0.15) is 17.9 Å². The molecule has 1 aromatic heterocycles. The molecule has 0 fully saturated rings. The average Bonchev–Trinajstić information content (AvgIpc) is 2.90. The minimum atomic E-state index is -3.31. The number of sulfone groups is 1. The Kier molecular flexibility index (Phi) is 7.54. The SMILES string of the molecule is CC(C)(C)OC(=O)C(C)(C)O/N=C(\C(=O)OCCS(C)(=O)=O)c1csc(N)n1. The number of nitrogens with zero attached hydrogens (tertiary/aromatic N) is 2. The number of nitrogen functional groups attached to an aromatic ring is 1. The minimum absolute atomic E-state index is 0.0758. The number of anilines is 1. The third kappa shape index (κ3) is 8.21. The molecule has 1 heterocycles. The van der Waals surface area contributed by atoms with Gasteiger partial charge in [-0.3, -0.25) is 0 Å². The van der Waals surface area contributed by atoms with E-state index in [0.29, 0.717) is 0 Å². The fourth-order valence-electron chi connectivity index (χ4n) is 1.54. The van der Waals surface area contributed by atoms with E-state index in [9.17, 15) is 18.0 Å². The summed E-state index contributed by atoms with van der Waals surface area (Å²) >= 11 is 1.06. The lowest BCUT2D eigenvalue weighted by Crippen LogP contribution is -2.40. The highest BCUT2D eigenvalue weighted by Crippen LogP contribution is 2.19. The van der Waals surface area contributed by atoms with Crippen molar-refractivity contribution < 1.29 is 32.3 Å². The van der Waals surface area contributed by atoms with Crippen molar-refractivity contribution in [1.82, 2.24) is 4.98 Å². The van der Waals surface area contributed by atoms with Gasteiger partial charge >= 0.3 is 11.9 Å². The van der Waals surface area contributed by atoms with Crippen molar-refractivity contribution in [3.63, 3.8) is 0 Å². The van der Waals surface area contributed by atoms with Gasteiger partial charge in [-0.05, 0) is 34.6 Å². The molecule has 10 nitrogen and oxygen atoms in total. The number of carbonyl (C=O) groups is 2. The Labute approximate surface area is 168 Å². The number of nitrogens with two attached hydrogens (primary N) is 1. The fraction of sp³-hybridized carbons (Fsp3) is 0.625. The molecule has 0 radical (unpaired) electrons. The van der Waals surface area contributed by atoms with Crippen molar-refractivity contribution in [2.24, 2.45) is 5.16 Å². The van der Waals surface area contributed by atoms with E-state index in [2.05, 4.69) is 10.1 Å². The van der Waals surface area contributed by atoms with E-state index in [4.69, 9.17) is 20.0 Å². The van der Waals surface area contributed by atoms with E-state index in [1.165, 1.54) is 19.2 Å². The van der Waals surface area contributed by atoms with Crippen LogP contribution in [0.15, 0.2) is 10.5 Å². The van der Waals surface area contributed by atoms with Crippen LogP contribution in [0.25, 0.3) is 0 Å². The van der Waals surface area contributed by atoms with Crippen LogP contribution >= 0.6 is 11.3 Å². The molecule has 2 N–H and O–H groups in total. The third-order valence-corrected chi connectivity index (χ3v) is 4.48. The van der Waals surface area contributed by atoms with E-state index in [-0.39, 0.29) is 28.9 Å². The minimum Gasteiger partial charge on any atom is -0.460 e. The van der Waals surface area contributed by atoms with E-state index in [1.54, 1.807) is 20.8 Å². The van der Waals surface area contributed by atoms with Crippen LogP contribution in [0.3, 0.4) is 0 Å². The van der Waals surface area contributed by atoms with Crippen molar-refractivity contribution in [2.45, 2.75) is 45.8 Å². The first-order chi connectivity index (χ1) is 12.6. The summed E-state index contributed by atoms with van der Waals surface area (Å²) < 4.78 is 32.5. The van der Waals surface area contributed by atoms with Gasteiger partial charge in [-0.15, -0.1) is 11.3 Å². The van der Waals surface area contributed by atoms with E-state index >= 15 is 0 Å². The van der Waals surface area contributed by atoms with E-state index in [0.717, 1.165) is 17.6 Å². The van der Waals surface area contributed by atoms with Crippen LogP contribution in [0.4, 0.5) is 5.13 Å². The molecule has 1 rings (SSSR count). The molecule has 0 amide bonds. The van der Waals surface area contributed by atoms with Gasteiger partial charge in [-0.25, -0.2) is 23.0 Å². The maximum absolute atomic E-state index is 12.3. The summed E-state index contributed by atoms with van der Waals surface area (Å²) in [5.74, 6) is -2.00. The van der Waals surface area contributed by atoms with Crippen LogP contribution in [-0.2, 0) is 33.7 Å². The third-order valence-electron chi connectivity index (χ3n) is 2.90. The standard InChI is InChI=1S/C16H25N3O7S2/c1-15(2,3)25-13(21)16(4,5)26-19-11(10-9-27-14(17)18-10)12(20)24-7-8-28(6,22)23/h9H,7-8H2,1-6H3,(H2,17,18)/b19-11-. The van der Waals surface area contributed by atoms with Crippen LogP contribution in [0.5, 0.6) is 0 Å². The van der Waals surface area contributed by atoms with Crippen molar-refractivity contribution >= 4 is 44.0 Å². The molecular formula is C16H25N3O7S2. The van der Waals surface area contributed by atoms with Crippen molar-refractivity contribution in [3.8, 4) is 0 Å². The van der Waals surface area contributed by atoms with Gasteiger partial charge in [0, 0.05) is 11.6 Å². The summed E-state index contributed by atoms with van der Waals surface area (Å²) in [6.07, 6.45) is 1.02. The van der Waals surface area contributed by atoms with Crippen LogP contribution in [0.2, 0.25) is 0 Å². The Morgan fingerprint density at radius 2 is 1.86 bits per heavy atom. The molecule has 0 unspecified atom stereocenters. The second kappa shape index (κ2) is 8.86. The van der Waals surface area contributed by atoms with Gasteiger partial charge < -0.3 is 20.0 Å². The number of oxime groups is 1. The van der Waals surface area contributed by atoms with Crippen LogP contribution in [0, 0.1) is 0 Å². The van der Waals surface area contributed by atoms with Crippen molar-refractivity contribution in [3.05, 3.63) is 11.1 Å². The molecule has 0 aliphatic carbocycles. The quantitative estimate of drug-likeness (QED) is 0.361. The summed E-state index contributed by atoms with van der Waals surface area (Å²) in [4.78, 5) is 33.8. The molecule has 0 saturated heterocycles. The number of rotatable bonds is 8. The highest BCUT2D eigenvalue weighted by Gasteiger charge is 2.36. The zero-order chi connectivity index (χ0) is 21.8. The van der Waals surface area contributed by atoms with Crippen LogP contribution < -0.4 is 5.73 Å². The lowest BCUT2D eigenvalue weighted by atomic mass is 10.1. The van der Waals surface area contributed by atoms with E-state index < -0.39 is 33.0 Å². The van der Waals surface area contributed by atoms with Gasteiger partial charge in [-0.2, -0.15) is 0 Å². The first-order valence-electron chi connectivity index (χ1n) is 8.16. The smallest absolute Gasteiger partial charge is 0.362 e. The Bertz CT molecular complexity index is 852. The maximum Gasteiger partial charge on any atom is 0.362 e. The highest BCUT2D eigenvalue weighted by atomic mass is 32.2. The molecule has 0 atom stereocenters. The molecule has 28 heavy (non-hydrogen) atoms. The van der Waals surface area contributed by atoms with Crippen molar-refractivity contribution in [1.29, 1.82) is 0 Å². The number of carbonyl (C=O) groups excluding carboxylic acids is 2. The molecule has 12 heteroatoms. The van der Waals surface area contributed by atoms with Crippen molar-refractivity contribution in [2.75, 3.05) is 24.3 Å². The second-order valence-corrected chi connectivity index (χ2v) is 10.5. The Morgan fingerprint density at radius 1 is 1.25 bits per heavy atom. The first-order valence-corrected chi connectivity index (χ1v) is 11.1. The summed E-state index contributed by atoms with van der Waals surface area (Å²) in [5.41, 5.74) is 3.06. The summed E-state index contributed by atoms with van der Waals surface area (Å²) in [7, 11) is -3.31. The number of esters is 2. The normalized spacial score (nSPS) is 13.1. The highest BCUT2D eigenvalue weighted by molar-refractivity contribution is 7.90. The zero-order valence-electron chi connectivity index (χ0n) is 16.6. The number of ether oxygens (including phenoxy) is 2. The van der Waals surface area contributed by atoms with Gasteiger partial charge in [0.15, 0.2) is 15.0 Å². The molecule has 158 valence electrons. The summed E-state index contributed by atoms with van der Waals surface area (Å²) in [6.45, 7) is 7.58. The fourth-order valence-corrected chi connectivity index (χ4v) is 2.47. The maximum atomic E-state index is 12.3. The van der Waals surface area contributed by atoms with E-state index in [1.807, 2.05) is 0 Å². The first kappa shape index (κ1) is 23.8. The second-order valence-electron chi connectivity index (χ2n) is 7.38. The topological polar surface area (TPSA) is 147 Å². The predicted octanol–water partition coefficient (Wildman–Crippen LogP) is 1.15. The van der Waals surface area contributed by atoms with Gasteiger partial charge in [0.2, 0.25) is 11.3 Å². The number of aromatic nitrogens is 1. The molecular weight excluding hydrogens is 410 g/mol. The molecule has 0 aromatic carbocycles. The largest absolute Gasteiger partial charge is 0.460 e. The number of hydrogen-bond acceptors (Lipinski definition) is 11. The molecule has 0 spiro atoms. The lowest BCUT2D eigenvalue weighted by molar-refractivity contribution is -0.179. The molecule has 0 aliphatic heterocycles. The number of hydrogen-bond donors (Lipinski definition) is 1. The summed E-state index contributed by atoms with van der Waals surface area (Å²) in [5, 5.41) is 5.36. The van der Waals surface area contributed by atoms with Gasteiger partial charge in [0.05, 0.1) is 5.75 Å². The predicted molar refractivity (Wildman–Crippen MR) is 105 cm³/mol. The molecule has 0 aliphatic rings. The van der Waals surface area contributed by atoms with Crippen LogP contribution in [0.1, 0.15) is 40.3 Å². The Balaban J connectivity index is 3.02. The number of thiazole rings is 1. The monoisotopic (exact) mass is 435 g/mol. The lowest BCUT2D eigenvalue weighted by Gasteiger charge is -2.26.